The van der Waals surface area contributed by atoms with Crippen LogP contribution < -0.4 is 11.1 Å². The molecule has 2 heterocycles. The molecule has 0 saturated heterocycles. The van der Waals surface area contributed by atoms with E-state index in [2.05, 4.69) is 38.1 Å². The molecular weight excluding hydrogens is 338 g/mol. The van der Waals surface area contributed by atoms with Crippen molar-refractivity contribution in [1.82, 2.24) is 10.3 Å². The van der Waals surface area contributed by atoms with E-state index in [0.29, 0.717) is 17.7 Å². The minimum atomic E-state index is -0.168. The molecule has 4 nitrogen and oxygen atoms in total. The molecule has 0 radical (unpaired) electrons. The van der Waals surface area contributed by atoms with Crippen molar-refractivity contribution >= 4 is 33.2 Å². The van der Waals surface area contributed by atoms with Gasteiger partial charge in [-0.25, -0.2) is 0 Å². The molecule has 6 heteroatoms. The van der Waals surface area contributed by atoms with Gasteiger partial charge in [-0.1, -0.05) is 11.8 Å². The van der Waals surface area contributed by atoms with Crippen LogP contribution in [-0.4, -0.2) is 17.4 Å². The number of rotatable bonds is 3. The molecule has 2 aromatic heterocycles. The zero-order chi connectivity index (χ0) is 14.4. The predicted octanol–water partition coefficient (Wildman–Crippen LogP) is 2.15. The topological polar surface area (TPSA) is 68.0 Å². The van der Waals surface area contributed by atoms with Crippen molar-refractivity contribution in [1.29, 1.82) is 0 Å². The number of pyridine rings is 1. The van der Waals surface area contributed by atoms with Crippen LogP contribution in [0.25, 0.3) is 0 Å². The Morgan fingerprint density at radius 1 is 1.45 bits per heavy atom. The molecule has 0 fully saturated rings. The first-order valence-electron chi connectivity index (χ1n) is 5.86. The van der Waals surface area contributed by atoms with Crippen LogP contribution in [0, 0.1) is 11.8 Å². The summed E-state index contributed by atoms with van der Waals surface area (Å²) in [5.74, 6) is 5.42. The Balaban J connectivity index is 2.09. The van der Waals surface area contributed by atoms with Gasteiger partial charge >= 0.3 is 0 Å². The van der Waals surface area contributed by atoms with Crippen LogP contribution in [0.2, 0.25) is 0 Å². The normalized spacial score (nSPS) is 9.70. The van der Waals surface area contributed by atoms with E-state index in [1.807, 2.05) is 12.1 Å². The van der Waals surface area contributed by atoms with Crippen molar-refractivity contribution < 1.29 is 4.79 Å². The van der Waals surface area contributed by atoms with E-state index in [4.69, 9.17) is 5.73 Å². The van der Waals surface area contributed by atoms with E-state index in [1.54, 1.807) is 29.8 Å². The first kappa shape index (κ1) is 14.7. The number of thiophene rings is 1. The molecule has 3 N–H and O–H groups in total. The maximum absolute atomic E-state index is 12.2. The minimum Gasteiger partial charge on any atom is -0.347 e. The van der Waals surface area contributed by atoms with E-state index >= 15 is 0 Å². The van der Waals surface area contributed by atoms with Gasteiger partial charge in [-0.3, -0.25) is 9.78 Å². The molecule has 2 aromatic rings. The van der Waals surface area contributed by atoms with Crippen LogP contribution in [-0.2, 0) is 6.54 Å². The van der Waals surface area contributed by atoms with Crippen LogP contribution in [0.15, 0.2) is 34.4 Å². The summed E-state index contributed by atoms with van der Waals surface area (Å²) < 4.78 is 1.04. The van der Waals surface area contributed by atoms with Gasteiger partial charge in [-0.05, 0) is 34.1 Å². The molecule has 0 aliphatic carbocycles. The van der Waals surface area contributed by atoms with Crippen molar-refractivity contribution in [3.63, 3.8) is 0 Å². The lowest BCUT2D eigenvalue weighted by Gasteiger charge is -2.05. The molecule has 20 heavy (non-hydrogen) atoms. The lowest BCUT2D eigenvalue weighted by Crippen LogP contribution is -2.23. The van der Waals surface area contributed by atoms with E-state index in [-0.39, 0.29) is 12.5 Å². The molecule has 0 aromatic carbocycles. The minimum absolute atomic E-state index is 0.168. The molecule has 2 rings (SSSR count). The van der Waals surface area contributed by atoms with Gasteiger partial charge in [0.1, 0.15) is 0 Å². The smallest absolute Gasteiger partial charge is 0.252 e. The quantitative estimate of drug-likeness (QED) is 0.834. The number of hydrogen-bond donors (Lipinski definition) is 2. The van der Waals surface area contributed by atoms with Gasteiger partial charge in [0.2, 0.25) is 0 Å². The zero-order valence-corrected chi connectivity index (χ0v) is 12.9. The molecule has 0 aliphatic heterocycles. The molecule has 0 bridgehead atoms. The lowest BCUT2D eigenvalue weighted by atomic mass is 10.1. The maximum Gasteiger partial charge on any atom is 0.252 e. The Morgan fingerprint density at radius 3 is 3.00 bits per heavy atom. The second-order valence-corrected chi connectivity index (χ2v) is 6.36. The van der Waals surface area contributed by atoms with Crippen molar-refractivity contribution in [2.75, 3.05) is 6.54 Å². The Labute approximate surface area is 129 Å². The van der Waals surface area contributed by atoms with Crippen LogP contribution >= 0.6 is 27.3 Å². The summed E-state index contributed by atoms with van der Waals surface area (Å²) in [6.07, 6.45) is 3.14. The van der Waals surface area contributed by atoms with Gasteiger partial charge in [0.05, 0.1) is 28.0 Å². The fraction of sp³-hybridized carbons (Fsp3) is 0.143. The van der Waals surface area contributed by atoms with Crippen LogP contribution in [0.5, 0.6) is 0 Å². The molecule has 1 amide bonds. The highest BCUT2D eigenvalue weighted by Crippen LogP contribution is 2.21. The third-order valence-electron chi connectivity index (χ3n) is 2.44. The van der Waals surface area contributed by atoms with Gasteiger partial charge in [-0.15, -0.1) is 11.3 Å². The van der Waals surface area contributed by atoms with Crippen LogP contribution in [0.1, 0.15) is 20.8 Å². The summed E-state index contributed by atoms with van der Waals surface area (Å²) in [6.45, 7) is 0.736. The lowest BCUT2D eigenvalue weighted by molar-refractivity contribution is 0.0951. The Hall–Kier alpha value is -1.68. The molecular formula is C14H12BrN3OS. The summed E-state index contributed by atoms with van der Waals surface area (Å²) in [5, 5.41) is 2.87. The highest BCUT2D eigenvalue weighted by Gasteiger charge is 2.10. The Morgan fingerprint density at radius 2 is 2.30 bits per heavy atom. The standard InChI is InChI=1S/C14H12BrN3OS/c15-13-4-3-11(20-13)9-18-14(19)12-5-7-17-8-10(12)2-1-6-16/h3-5,7-8H,6,9,16H2,(H,18,19). The fourth-order valence-corrected chi connectivity index (χ4v) is 2.97. The third kappa shape index (κ3) is 3.90. The van der Waals surface area contributed by atoms with Crippen molar-refractivity contribution in [3.8, 4) is 11.8 Å². The first-order valence-corrected chi connectivity index (χ1v) is 7.47. The van der Waals surface area contributed by atoms with E-state index < -0.39 is 0 Å². The highest BCUT2D eigenvalue weighted by molar-refractivity contribution is 9.11. The van der Waals surface area contributed by atoms with Crippen molar-refractivity contribution in [3.05, 3.63) is 50.4 Å². The number of carbonyl (C=O) groups is 1. The molecule has 0 aliphatic rings. The molecule has 102 valence electrons. The number of carbonyl (C=O) groups excluding carboxylic acids is 1. The first-order chi connectivity index (χ1) is 9.70. The van der Waals surface area contributed by atoms with Gasteiger partial charge in [-0.2, -0.15) is 0 Å². The second kappa shape index (κ2) is 7.20. The molecule has 0 unspecified atom stereocenters. The average molecular weight is 350 g/mol. The van der Waals surface area contributed by atoms with E-state index in [1.165, 1.54) is 0 Å². The number of aromatic nitrogens is 1. The SMILES string of the molecule is NCC#Cc1cnccc1C(=O)NCc1ccc(Br)s1. The summed E-state index contributed by atoms with van der Waals surface area (Å²) in [7, 11) is 0. The molecule has 0 spiro atoms. The number of nitrogens with zero attached hydrogens (tertiary/aromatic N) is 1. The zero-order valence-electron chi connectivity index (χ0n) is 10.5. The van der Waals surface area contributed by atoms with Crippen molar-refractivity contribution in [2.24, 2.45) is 5.73 Å². The summed E-state index contributed by atoms with van der Waals surface area (Å²) in [4.78, 5) is 17.2. The fourth-order valence-electron chi connectivity index (χ4n) is 1.55. The monoisotopic (exact) mass is 349 g/mol. The van der Waals surface area contributed by atoms with Gasteiger partial charge in [0, 0.05) is 17.3 Å². The number of amides is 1. The Kier molecular flexibility index (Phi) is 5.30. The largest absolute Gasteiger partial charge is 0.347 e. The van der Waals surface area contributed by atoms with Crippen LogP contribution in [0.4, 0.5) is 0 Å². The average Bonchev–Trinajstić information content (AvgIpc) is 2.88. The number of nitrogens with two attached hydrogens (primary N) is 1. The third-order valence-corrected chi connectivity index (χ3v) is 4.07. The van der Waals surface area contributed by atoms with Gasteiger partial charge in [0.15, 0.2) is 0 Å². The maximum atomic E-state index is 12.2. The van der Waals surface area contributed by atoms with Gasteiger partial charge in [0.25, 0.3) is 5.91 Å². The summed E-state index contributed by atoms with van der Waals surface area (Å²) >= 11 is 4.98. The van der Waals surface area contributed by atoms with Crippen molar-refractivity contribution in [2.45, 2.75) is 6.54 Å². The second-order valence-electron chi connectivity index (χ2n) is 3.82. The molecule has 0 saturated carbocycles. The number of halogens is 1. The van der Waals surface area contributed by atoms with E-state index in [0.717, 1.165) is 8.66 Å². The summed E-state index contributed by atoms with van der Waals surface area (Å²) in [6, 6.07) is 5.58. The Bertz CT molecular complexity index is 672. The highest BCUT2D eigenvalue weighted by atomic mass is 79.9. The van der Waals surface area contributed by atoms with E-state index in [9.17, 15) is 4.79 Å². The predicted molar refractivity (Wildman–Crippen MR) is 83.4 cm³/mol. The molecule has 0 atom stereocenters. The van der Waals surface area contributed by atoms with Gasteiger partial charge < -0.3 is 11.1 Å². The van der Waals surface area contributed by atoms with Crippen LogP contribution in [0.3, 0.4) is 0 Å². The number of hydrogen-bond acceptors (Lipinski definition) is 4. The summed E-state index contributed by atoms with van der Waals surface area (Å²) in [5.41, 5.74) is 6.44. The number of nitrogens with one attached hydrogen (secondary N) is 1.